The van der Waals surface area contributed by atoms with Gasteiger partial charge in [-0.25, -0.2) is 14.4 Å². The van der Waals surface area contributed by atoms with Gasteiger partial charge in [-0.05, 0) is 27.7 Å². The summed E-state index contributed by atoms with van der Waals surface area (Å²) in [6, 6.07) is 0. The predicted molar refractivity (Wildman–Crippen MR) is 72.7 cm³/mol. The van der Waals surface area contributed by atoms with Crippen LogP contribution in [0.25, 0.3) is 0 Å². The number of aliphatic carboxylic acids is 1. The number of ether oxygens (including phenoxy) is 3. The largest absolute Gasteiger partial charge is 0.479 e. The third kappa shape index (κ3) is 6.98. The van der Waals surface area contributed by atoms with Crippen LogP contribution in [0.3, 0.4) is 0 Å². The first-order valence-corrected chi connectivity index (χ1v) is 6.60. The van der Waals surface area contributed by atoms with Crippen LogP contribution in [0.5, 0.6) is 0 Å². The highest BCUT2D eigenvalue weighted by molar-refractivity contribution is 7.81. The normalized spacial score (nSPS) is 16.0. The Morgan fingerprint density at radius 1 is 0.762 bits per heavy atom. The Morgan fingerprint density at radius 3 is 1.43 bits per heavy atom. The Balaban J connectivity index is 4.40. The average Bonchev–Trinajstić information content (AvgIpc) is 2.37. The number of hydrogen-bond acceptors (Lipinski definition) is 8. The van der Waals surface area contributed by atoms with Crippen LogP contribution in [0.2, 0.25) is 0 Å². The lowest BCUT2D eigenvalue weighted by atomic mass is 10.3. The number of carbonyl (C=O) groups is 4. The number of carboxylic acids is 1. The fourth-order valence-corrected chi connectivity index (χ4v) is 1.02. The molecule has 0 amide bonds. The van der Waals surface area contributed by atoms with Crippen molar-refractivity contribution in [3.63, 3.8) is 0 Å². The van der Waals surface area contributed by atoms with Crippen molar-refractivity contribution in [1.82, 2.24) is 0 Å². The van der Waals surface area contributed by atoms with E-state index in [4.69, 9.17) is 14.6 Å². The summed E-state index contributed by atoms with van der Waals surface area (Å²) in [5, 5.41) is 7.87. The van der Waals surface area contributed by atoms with Gasteiger partial charge in [-0.3, -0.25) is 4.79 Å². The van der Waals surface area contributed by atoms with Crippen LogP contribution in [0.15, 0.2) is 0 Å². The number of hydrogen-bond donors (Lipinski definition) is 2. The molecule has 0 aliphatic carbocycles. The first-order valence-electron chi connectivity index (χ1n) is 6.08. The number of thiol groups is 1. The molecule has 0 aromatic heterocycles. The van der Waals surface area contributed by atoms with Gasteiger partial charge in [-0.2, -0.15) is 12.6 Å². The molecule has 0 radical (unpaired) electrons. The van der Waals surface area contributed by atoms with Crippen molar-refractivity contribution in [2.75, 3.05) is 0 Å². The second kappa shape index (κ2) is 8.50. The maximum Gasteiger partial charge on any atom is 0.347 e. The van der Waals surface area contributed by atoms with Crippen LogP contribution < -0.4 is 0 Å². The van der Waals surface area contributed by atoms with Gasteiger partial charge in [-0.15, -0.1) is 0 Å². The molecule has 0 aromatic carbocycles. The topological polar surface area (TPSA) is 116 Å². The minimum Gasteiger partial charge on any atom is -0.479 e. The van der Waals surface area contributed by atoms with Crippen LogP contribution >= 0.6 is 12.6 Å². The number of carbonyl (C=O) groups excluding carboxylic acids is 3. The summed E-state index contributed by atoms with van der Waals surface area (Å²) in [7, 11) is 0. The maximum absolute atomic E-state index is 11.6. The molecule has 0 fully saturated rings. The Labute approximate surface area is 127 Å². The standard InChI is InChI=1S/C12H18O8S/c1-5(9(13)14)18-10(15)6(2)19-11(16)7(3)20-12(17)8(4)21/h5-8,21H,1-4H3,(H,13,14). The highest BCUT2D eigenvalue weighted by Gasteiger charge is 2.28. The zero-order valence-corrected chi connectivity index (χ0v) is 13.0. The first-order chi connectivity index (χ1) is 9.56. The van der Waals surface area contributed by atoms with Crippen molar-refractivity contribution in [3.8, 4) is 0 Å². The van der Waals surface area contributed by atoms with E-state index in [2.05, 4.69) is 17.4 Å². The fraction of sp³-hybridized carbons (Fsp3) is 0.667. The van der Waals surface area contributed by atoms with E-state index >= 15 is 0 Å². The number of rotatable bonds is 7. The molecule has 4 atom stereocenters. The highest BCUT2D eigenvalue weighted by Crippen LogP contribution is 2.06. The second-order valence-electron chi connectivity index (χ2n) is 4.25. The van der Waals surface area contributed by atoms with E-state index in [1.807, 2.05) is 0 Å². The van der Waals surface area contributed by atoms with Crippen molar-refractivity contribution < 1.29 is 38.5 Å². The summed E-state index contributed by atoms with van der Waals surface area (Å²) in [5.41, 5.74) is 0. The van der Waals surface area contributed by atoms with Crippen LogP contribution in [0.4, 0.5) is 0 Å². The molecule has 0 saturated heterocycles. The molecular formula is C12H18O8S. The van der Waals surface area contributed by atoms with E-state index in [0.29, 0.717) is 0 Å². The Kier molecular flexibility index (Phi) is 7.79. The molecule has 9 heteroatoms. The van der Waals surface area contributed by atoms with Gasteiger partial charge in [0, 0.05) is 0 Å². The quantitative estimate of drug-likeness (QED) is 0.387. The van der Waals surface area contributed by atoms with Crippen molar-refractivity contribution in [3.05, 3.63) is 0 Å². The van der Waals surface area contributed by atoms with Crippen molar-refractivity contribution in [2.45, 2.75) is 51.3 Å². The van der Waals surface area contributed by atoms with Crippen molar-refractivity contribution in [2.24, 2.45) is 0 Å². The van der Waals surface area contributed by atoms with Gasteiger partial charge >= 0.3 is 23.9 Å². The third-order valence-electron chi connectivity index (χ3n) is 2.23. The van der Waals surface area contributed by atoms with Gasteiger partial charge in [0.25, 0.3) is 0 Å². The first kappa shape index (κ1) is 19.2. The molecule has 0 aromatic rings. The summed E-state index contributed by atoms with van der Waals surface area (Å²) < 4.78 is 14.0. The van der Waals surface area contributed by atoms with E-state index < -0.39 is 47.4 Å². The van der Waals surface area contributed by atoms with Crippen LogP contribution in [-0.4, -0.2) is 52.5 Å². The number of esters is 3. The maximum atomic E-state index is 11.6. The summed E-state index contributed by atoms with van der Waals surface area (Å²) in [4.78, 5) is 44.8. The zero-order chi connectivity index (χ0) is 16.7. The molecular weight excluding hydrogens is 304 g/mol. The summed E-state index contributed by atoms with van der Waals surface area (Å²) in [6.07, 6.45) is -3.91. The number of carboxylic acid groups (broad SMARTS) is 1. The lowest BCUT2D eigenvalue weighted by molar-refractivity contribution is -0.180. The Hall–Kier alpha value is -1.77. The molecule has 120 valence electrons. The predicted octanol–water partition coefficient (Wildman–Crippen LogP) is 0.184. The van der Waals surface area contributed by atoms with E-state index in [0.717, 1.165) is 6.92 Å². The lowest BCUT2D eigenvalue weighted by Gasteiger charge is -2.18. The van der Waals surface area contributed by atoms with Gasteiger partial charge < -0.3 is 19.3 Å². The van der Waals surface area contributed by atoms with Gasteiger partial charge in [-0.1, -0.05) is 0 Å². The molecule has 8 nitrogen and oxygen atoms in total. The minimum absolute atomic E-state index is 0.709. The van der Waals surface area contributed by atoms with Crippen molar-refractivity contribution >= 4 is 36.5 Å². The average molecular weight is 322 g/mol. The van der Waals surface area contributed by atoms with Crippen molar-refractivity contribution in [1.29, 1.82) is 0 Å². The molecule has 0 saturated carbocycles. The minimum atomic E-state index is -1.36. The van der Waals surface area contributed by atoms with E-state index in [-0.39, 0.29) is 0 Å². The fourth-order valence-electron chi connectivity index (χ4n) is 0.959. The molecule has 0 aliphatic heterocycles. The third-order valence-corrected chi connectivity index (χ3v) is 2.44. The Morgan fingerprint density at radius 2 is 1.10 bits per heavy atom. The summed E-state index contributed by atoms with van der Waals surface area (Å²) in [6.45, 7) is 5.11. The van der Waals surface area contributed by atoms with Crippen LogP contribution in [-0.2, 0) is 33.4 Å². The van der Waals surface area contributed by atoms with Gasteiger partial charge in [0.1, 0.15) is 0 Å². The highest BCUT2D eigenvalue weighted by atomic mass is 32.1. The Bertz CT molecular complexity index is 419. The smallest absolute Gasteiger partial charge is 0.347 e. The molecule has 0 heterocycles. The van der Waals surface area contributed by atoms with Crippen LogP contribution in [0.1, 0.15) is 27.7 Å². The molecule has 21 heavy (non-hydrogen) atoms. The van der Waals surface area contributed by atoms with E-state index in [1.165, 1.54) is 20.8 Å². The molecule has 0 rings (SSSR count). The molecule has 0 spiro atoms. The van der Waals surface area contributed by atoms with Gasteiger partial charge in [0.05, 0.1) is 5.25 Å². The lowest BCUT2D eigenvalue weighted by Crippen LogP contribution is -2.36. The summed E-state index contributed by atoms with van der Waals surface area (Å²) >= 11 is 3.84. The second-order valence-corrected chi connectivity index (χ2v) is 5.03. The van der Waals surface area contributed by atoms with Gasteiger partial charge in [0.2, 0.25) is 0 Å². The van der Waals surface area contributed by atoms with E-state index in [1.54, 1.807) is 0 Å². The molecule has 0 aliphatic rings. The van der Waals surface area contributed by atoms with Crippen LogP contribution in [0, 0.1) is 0 Å². The molecule has 1 N–H and O–H groups in total. The zero-order valence-electron chi connectivity index (χ0n) is 12.1. The molecule has 0 bridgehead atoms. The summed E-state index contributed by atoms with van der Waals surface area (Å²) in [5.74, 6) is -4.01. The van der Waals surface area contributed by atoms with Gasteiger partial charge in [0.15, 0.2) is 18.3 Å². The van der Waals surface area contributed by atoms with E-state index in [9.17, 15) is 19.2 Å². The molecule has 4 unspecified atom stereocenters. The SMILES string of the molecule is CC(S)C(=O)OC(C)C(=O)OC(C)C(=O)OC(C)C(=O)O. The monoisotopic (exact) mass is 322 g/mol.